The molecule has 0 aliphatic carbocycles. The maximum Gasteiger partial charge on any atom is 0.356 e. The number of Topliss-reactive ketones (excluding diaryl/α,β-unsaturated/α-hetero) is 1. The van der Waals surface area contributed by atoms with E-state index in [4.69, 9.17) is 9.84 Å². The van der Waals surface area contributed by atoms with Crippen molar-refractivity contribution < 1.29 is 19.4 Å². The van der Waals surface area contributed by atoms with Crippen molar-refractivity contribution >= 4 is 28.2 Å². The van der Waals surface area contributed by atoms with Crippen LogP contribution in [-0.2, 0) is 4.74 Å². The van der Waals surface area contributed by atoms with E-state index in [0.29, 0.717) is 11.7 Å². The molecule has 2 unspecified atom stereocenters. The largest absolute Gasteiger partial charge is 0.476 e. The maximum absolute atomic E-state index is 11.4. The molecule has 1 fully saturated rings. The lowest BCUT2D eigenvalue weighted by Gasteiger charge is -2.27. The SMILES string of the molecule is CC(=O)c1sc(NC2CCOC(C)C2)nc1C(=O)O. The van der Waals surface area contributed by atoms with Crippen molar-refractivity contribution in [2.45, 2.75) is 38.8 Å². The minimum absolute atomic E-state index is 0.167. The topological polar surface area (TPSA) is 88.5 Å². The fraction of sp³-hybridized carbons (Fsp3) is 0.583. The second-order valence-corrected chi connectivity index (χ2v) is 5.60. The fourth-order valence-electron chi connectivity index (χ4n) is 2.07. The van der Waals surface area contributed by atoms with E-state index < -0.39 is 5.97 Å². The van der Waals surface area contributed by atoms with E-state index in [-0.39, 0.29) is 28.5 Å². The van der Waals surface area contributed by atoms with Gasteiger partial charge in [0.2, 0.25) is 0 Å². The number of hydrogen-bond acceptors (Lipinski definition) is 6. The van der Waals surface area contributed by atoms with Crippen molar-refractivity contribution in [3.63, 3.8) is 0 Å². The molecule has 0 bridgehead atoms. The van der Waals surface area contributed by atoms with E-state index in [2.05, 4.69) is 10.3 Å². The first-order valence-electron chi connectivity index (χ1n) is 6.10. The fourth-order valence-corrected chi connectivity index (χ4v) is 3.00. The molecule has 1 aromatic heterocycles. The Morgan fingerprint density at radius 2 is 2.26 bits per heavy atom. The Labute approximate surface area is 114 Å². The number of thiazole rings is 1. The third-order valence-corrected chi connectivity index (χ3v) is 4.05. The average molecular weight is 284 g/mol. The minimum atomic E-state index is -1.17. The zero-order chi connectivity index (χ0) is 14.0. The van der Waals surface area contributed by atoms with Gasteiger partial charge in [-0.3, -0.25) is 4.79 Å². The molecule has 0 amide bonds. The van der Waals surface area contributed by atoms with Crippen molar-refractivity contribution in [3.05, 3.63) is 10.6 Å². The number of aromatic nitrogens is 1. The van der Waals surface area contributed by atoms with E-state index in [1.807, 2.05) is 6.92 Å². The molecule has 2 rings (SSSR count). The first kappa shape index (κ1) is 14.0. The van der Waals surface area contributed by atoms with Crippen molar-refractivity contribution in [1.82, 2.24) is 4.98 Å². The minimum Gasteiger partial charge on any atom is -0.476 e. The Balaban J connectivity index is 2.14. The number of anilines is 1. The quantitative estimate of drug-likeness (QED) is 0.822. The highest BCUT2D eigenvalue weighted by Gasteiger charge is 2.24. The normalized spacial score (nSPS) is 23.1. The van der Waals surface area contributed by atoms with Crippen LogP contribution in [0.25, 0.3) is 0 Å². The van der Waals surface area contributed by atoms with E-state index in [1.165, 1.54) is 6.92 Å². The van der Waals surface area contributed by atoms with Gasteiger partial charge < -0.3 is 15.2 Å². The summed E-state index contributed by atoms with van der Waals surface area (Å²) in [6, 6.07) is 0.205. The molecule has 7 heteroatoms. The second-order valence-electron chi connectivity index (χ2n) is 4.61. The number of carbonyl (C=O) groups is 2. The second kappa shape index (κ2) is 5.66. The number of nitrogens with one attached hydrogen (secondary N) is 1. The third-order valence-electron chi connectivity index (χ3n) is 2.96. The molecule has 1 aromatic rings. The number of ether oxygens (including phenoxy) is 1. The summed E-state index contributed by atoms with van der Waals surface area (Å²) in [5, 5.41) is 12.7. The lowest BCUT2D eigenvalue weighted by Crippen LogP contribution is -2.32. The van der Waals surface area contributed by atoms with Crippen LogP contribution in [0.1, 0.15) is 46.8 Å². The lowest BCUT2D eigenvalue weighted by atomic mass is 10.1. The molecule has 1 aliphatic heterocycles. The number of aromatic carboxylic acids is 1. The summed E-state index contributed by atoms with van der Waals surface area (Å²) >= 11 is 1.10. The van der Waals surface area contributed by atoms with Crippen molar-refractivity contribution in [3.8, 4) is 0 Å². The number of nitrogens with zero attached hydrogens (tertiary/aromatic N) is 1. The summed E-state index contributed by atoms with van der Waals surface area (Å²) in [6.07, 6.45) is 1.87. The van der Waals surface area contributed by atoms with Crippen molar-refractivity contribution in [2.24, 2.45) is 0 Å². The van der Waals surface area contributed by atoms with Gasteiger partial charge in [-0.1, -0.05) is 11.3 Å². The van der Waals surface area contributed by atoms with Gasteiger partial charge in [-0.05, 0) is 19.8 Å². The van der Waals surface area contributed by atoms with Crippen LogP contribution in [0.5, 0.6) is 0 Å². The zero-order valence-corrected chi connectivity index (χ0v) is 11.6. The Kier molecular flexibility index (Phi) is 4.16. The Bertz CT molecular complexity index is 468. The predicted octanol–water partition coefficient (Wildman–Crippen LogP) is 2.02. The summed E-state index contributed by atoms with van der Waals surface area (Å²) in [7, 11) is 0. The van der Waals surface area contributed by atoms with Gasteiger partial charge in [0.25, 0.3) is 0 Å². The molecule has 0 spiro atoms. The van der Waals surface area contributed by atoms with Crippen LogP contribution in [0.4, 0.5) is 5.13 Å². The van der Waals surface area contributed by atoms with Crippen LogP contribution in [0.15, 0.2) is 0 Å². The van der Waals surface area contributed by atoms with E-state index >= 15 is 0 Å². The highest BCUT2D eigenvalue weighted by atomic mass is 32.1. The first-order valence-corrected chi connectivity index (χ1v) is 6.92. The summed E-state index contributed by atoms with van der Waals surface area (Å²) in [5.41, 5.74) is -0.167. The van der Waals surface area contributed by atoms with Gasteiger partial charge in [-0.25, -0.2) is 9.78 Å². The maximum atomic E-state index is 11.4. The molecule has 1 aliphatic rings. The summed E-state index contributed by atoms with van der Waals surface area (Å²) in [5.74, 6) is -1.45. The molecular formula is C12H16N2O4S. The van der Waals surface area contributed by atoms with E-state index in [0.717, 1.165) is 24.2 Å². The van der Waals surface area contributed by atoms with Crippen LogP contribution >= 0.6 is 11.3 Å². The standard InChI is InChI=1S/C12H16N2O4S/c1-6-5-8(3-4-18-6)13-12-14-9(11(16)17)10(19-12)7(2)15/h6,8H,3-5H2,1-2H3,(H,13,14)(H,16,17). The van der Waals surface area contributed by atoms with Gasteiger partial charge in [0, 0.05) is 19.6 Å². The van der Waals surface area contributed by atoms with Crippen LogP contribution in [-0.4, -0.2) is 40.6 Å². The van der Waals surface area contributed by atoms with Crippen LogP contribution in [0, 0.1) is 0 Å². The number of carboxylic acids is 1. The zero-order valence-electron chi connectivity index (χ0n) is 10.8. The predicted molar refractivity (Wildman–Crippen MR) is 71.1 cm³/mol. The molecule has 6 nitrogen and oxygen atoms in total. The molecule has 1 saturated heterocycles. The van der Waals surface area contributed by atoms with Crippen LogP contribution in [0.3, 0.4) is 0 Å². The Morgan fingerprint density at radius 3 is 2.79 bits per heavy atom. The highest BCUT2D eigenvalue weighted by Crippen LogP contribution is 2.26. The van der Waals surface area contributed by atoms with Gasteiger partial charge in [0.1, 0.15) is 4.88 Å². The molecule has 2 N–H and O–H groups in total. The summed E-state index contributed by atoms with van der Waals surface area (Å²) < 4.78 is 5.45. The molecule has 0 radical (unpaired) electrons. The molecular weight excluding hydrogens is 268 g/mol. The lowest BCUT2D eigenvalue weighted by molar-refractivity contribution is 0.0232. The van der Waals surface area contributed by atoms with Gasteiger partial charge >= 0.3 is 5.97 Å². The molecule has 2 heterocycles. The molecule has 2 atom stereocenters. The van der Waals surface area contributed by atoms with Gasteiger partial charge in [-0.2, -0.15) is 0 Å². The Hall–Kier alpha value is -1.47. The molecule has 104 valence electrons. The van der Waals surface area contributed by atoms with Crippen LogP contribution in [0.2, 0.25) is 0 Å². The molecule has 19 heavy (non-hydrogen) atoms. The smallest absolute Gasteiger partial charge is 0.356 e. The van der Waals surface area contributed by atoms with Gasteiger partial charge in [0.05, 0.1) is 6.10 Å². The molecule has 0 aromatic carbocycles. The Morgan fingerprint density at radius 1 is 1.53 bits per heavy atom. The number of hydrogen-bond donors (Lipinski definition) is 2. The summed E-state index contributed by atoms with van der Waals surface area (Å²) in [6.45, 7) is 4.02. The number of rotatable bonds is 4. The average Bonchev–Trinajstić information content (AvgIpc) is 2.73. The number of carbonyl (C=O) groups excluding carboxylic acids is 1. The van der Waals surface area contributed by atoms with Crippen molar-refractivity contribution in [1.29, 1.82) is 0 Å². The van der Waals surface area contributed by atoms with Gasteiger partial charge in [-0.15, -0.1) is 0 Å². The van der Waals surface area contributed by atoms with Gasteiger partial charge in [0.15, 0.2) is 16.6 Å². The van der Waals surface area contributed by atoms with E-state index in [9.17, 15) is 9.59 Å². The summed E-state index contributed by atoms with van der Waals surface area (Å²) in [4.78, 5) is 26.6. The highest BCUT2D eigenvalue weighted by molar-refractivity contribution is 7.17. The van der Waals surface area contributed by atoms with E-state index in [1.54, 1.807) is 0 Å². The van der Waals surface area contributed by atoms with Crippen molar-refractivity contribution in [2.75, 3.05) is 11.9 Å². The first-order chi connectivity index (χ1) is 8.97. The number of carboxylic acid groups (broad SMARTS) is 1. The van der Waals surface area contributed by atoms with Crippen LogP contribution < -0.4 is 5.32 Å². The third kappa shape index (κ3) is 3.30. The number of ketones is 1. The monoisotopic (exact) mass is 284 g/mol. The molecule has 0 saturated carbocycles.